The summed E-state index contributed by atoms with van der Waals surface area (Å²) < 4.78 is 0. The van der Waals surface area contributed by atoms with Crippen LogP contribution in [0.1, 0.15) is 42.1 Å². The molecule has 4 heteroatoms. The van der Waals surface area contributed by atoms with Crippen molar-refractivity contribution in [2.75, 3.05) is 13.1 Å². The number of piperidine rings is 1. The van der Waals surface area contributed by atoms with Gasteiger partial charge in [-0.05, 0) is 36.9 Å². The van der Waals surface area contributed by atoms with E-state index in [2.05, 4.69) is 12.2 Å². The Balaban J connectivity index is 1.79. The molecular formula is C17H22N2O2. The van der Waals surface area contributed by atoms with Gasteiger partial charge in [0.05, 0.1) is 6.42 Å². The molecule has 2 amide bonds. The van der Waals surface area contributed by atoms with Gasteiger partial charge in [-0.2, -0.15) is 0 Å². The van der Waals surface area contributed by atoms with Gasteiger partial charge < -0.3 is 5.32 Å². The molecule has 2 atom stereocenters. The molecule has 0 saturated carbocycles. The molecule has 0 radical (unpaired) electrons. The van der Waals surface area contributed by atoms with Gasteiger partial charge >= 0.3 is 0 Å². The lowest BCUT2D eigenvalue weighted by Gasteiger charge is -2.36. The quantitative estimate of drug-likeness (QED) is 0.865. The number of nitrogens with zero attached hydrogens (tertiary/aromatic N) is 1. The van der Waals surface area contributed by atoms with Crippen LogP contribution in [0, 0.1) is 5.92 Å². The summed E-state index contributed by atoms with van der Waals surface area (Å²) >= 11 is 0. The van der Waals surface area contributed by atoms with Crippen molar-refractivity contribution < 1.29 is 9.59 Å². The third-order valence-corrected chi connectivity index (χ3v) is 4.77. The molecule has 3 rings (SSSR count). The molecule has 0 aromatic heterocycles. The zero-order chi connectivity index (χ0) is 14.8. The number of imide groups is 1. The maximum Gasteiger partial charge on any atom is 0.260 e. The predicted octanol–water partition coefficient (Wildman–Crippen LogP) is 1.99. The van der Waals surface area contributed by atoms with Gasteiger partial charge in [0.1, 0.15) is 0 Å². The number of hydrogen-bond donors (Lipinski definition) is 1. The van der Waals surface area contributed by atoms with Crippen LogP contribution in [0.3, 0.4) is 0 Å². The summed E-state index contributed by atoms with van der Waals surface area (Å²) in [6.45, 7) is 3.66. The molecule has 1 fully saturated rings. The van der Waals surface area contributed by atoms with E-state index >= 15 is 0 Å². The molecule has 0 spiro atoms. The number of carbonyl (C=O) groups excluding carboxylic acids is 2. The normalized spacial score (nSPS) is 25.9. The van der Waals surface area contributed by atoms with Crippen LogP contribution in [-0.4, -0.2) is 35.8 Å². The Morgan fingerprint density at radius 2 is 2.10 bits per heavy atom. The Bertz CT molecular complexity index is 555. The first-order valence-corrected chi connectivity index (χ1v) is 7.86. The minimum absolute atomic E-state index is 0.0686. The molecule has 21 heavy (non-hydrogen) atoms. The van der Waals surface area contributed by atoms with E-state index in [1.54, 1.807) is 0 Å². The second kappa shape index (κ2) is 5.98. The van der Waals surface area contributed by atoms with Gasteiger partial charge in [0.15, 0.2) is 0 Å². The van der Waals surface area contributed by atoms with Gasteiger partial charge in [-0.15, -0.1) is 0 Å². The van der Waals surface area contributed by atoms with E-state index in [0.29, 0.717) is 24.4 Å². The van der Waals surface area contributed by atoms with Gasteiger partial charge in [-0.3, -0.25) is 14.5 Å². The average Bonchev–Trinajstić information content (AvgIpc) is 2.52. The van der Waals surface area contributed by atoms with Crippen LogP contribution in [0.4, 0.5) is 0 Å². The van der Waals surface area contributed by atoms with Crippen LogP contribution in [0.2, 0.25) is 0 Å². The van der Waals surface area contributed by atoms with Crippen molar-refractivity contribution in [2.45, 2.75) is 38.6 Å². The topological polar surface area (TPSA) is 49.4 Å². The highest BCUT2D eigenvalue weighted by Gasteiger charge is 2.34. The molecule has 1 aromatic carbocycles. The molecule has 0 bridgehead atoms. The molecule has 0 aliphatic carbocycles. The number of rotatable bonds is 3. The molecule has 112 valence electrons. The zero-order valence-electron chi connectivity index (χ0n) is 12.5. The van der Waals surface area contributed by atoms with E-state index < -0.39 is 0 Å². The van der Waals surface area contributed by atoms with Crippen LogP contribution >= 0.6 is 0 Å². The Morgan fingerprint density at radius 3 is 2.90 bits per heavy atom. The Hall–Kier alpha value is -1.68. The van der Waals surface area contributed by atoms with Gasteiger partial charge in [0.25, 0.3) is 5.91 Å². The van der Waals surface area contributed by atoms with E-state index in [9.17, 15) is 9.59 Å². The first kappa shape index (κ1) is 14.3. The molecule has 1 aromatic rings. The molecule has 4 nitrogen and oxygen atoms in total. The Kier molecular flexibility index (Phi) is 4.06. The van der Waals surface area contributed by atoms with Crippen molar-refractivity contribution in [1.82, 2.24) is 10.2 Å². The van der Waals surface area contributed by atoms with Crippen LogP contribution in [-0.2, 0) is 11.2 Å². The van der Waals surface area contributed by atoms with E-state index in [1.807, 2.05) is 24.3 Å². The SMILES string of the molecule is CCC1CCCNC1CN1C(=O)Cc2ccccc2C1=O. The second-order valence-electron chi connectivity index (χ2n) is 6.01. The molecule has 2 unspecified atom stereocenters. The Morgan fingerprint density at radius 1 is 1.29 bits per heavy atom. The number of hydrogen-bond acceptors (Lipinski definition) is 3. The number of nitrogens with one attached hydrogen (secondary N) is 1. The molecule has 2 aliphatic heterocycles. The maximum absolute atomic E-state index is 12.6. The molecule has 2 aliphatic rings. The van der Waals surface area contributed by atoms with Crippen molar-refractivity contribution in [3.8, 4) is 0 Å². The van der Waals surface area contributed by atoms with Gasteiger partial charge in [-0.25, -0.2) is 0 Å². The largest absolute Gasteiger partial charge is 0.312 e. The van der Waals surface area contributed by atoms with Gasteiger partial charge in [0, 0.05) is 18.2 Å². The lowest BCUT2D eigenvalue weighted by Crippen LogP contribution is -2.53. The average molecular weight is 286 g/mol. The maximum atomic E-state index is 12.6. The third-order valence-electron chi connectivity index (χ3n) is 4.77. The van der Waals surface area contributed by atoms with Crippen LogP contribution in [0.5, 0.6) is 0 Å². The summed E-state index contributed by atoms with van der Waals surface area (Å²) in [5, 5.41) is 3.49. The number of benzene rings is 1. The predicted molar refractivity (Wildman–Crippen MR) is 81.0 cm³/mol. The monoisotopic (exact) mass is 286 g/mol. The molecule has 1 N–H and O–H groups in total. The third kappa shape index (κ3) is 2.72. The van der Waals surface area contributed by atoms with Crippen LogP contribution in [0.15, 0.2) is 24.3 Å². The van der Waals surface area contributed by atoms with Crippen molar-refractivity contribution in [3.63, 3.8) is 0 Å². The van der Waals surface area contributed by atoms with Gasteiger partial charge in [-0.1, -0.05) is 31.5 Å². The van der Waals surface area contributed by atoms with Crippen molar-refractivity contribution in [2.24, 2.45) is 5.92 Å². The van der Waals surface area contributed by atoms with E-state index in [4.69, 9.17) is 0 Å². The highest BCUT2D eigenvalue weighted by molar-refractivity contribution is 6.09. The first-order chi connectivity index (χ1) is 10.2. The number of amides is 2. The summed E-state index contributed by atoms with van der Waals surface area (Å²) in [5.41, 5.74) is 1.54. The first-order valence-electron chi connectivity index (χ1n) is 7.86. The molecular weight excluding hydrogens is 264 g/mol. The highest BCUT2D eigenvalue weighted by Crippen LogP contribution is 2.24. The minimum atomic E-state index is -0.135. The van der Waals surface area contributed by atoms with E-state index in [-0.39, 0.29) is 17.9 Å². The van der Waals surface area contributed by atoms with Crippen molar-refractivity contribution in [3.05, 3.63) is 35.4 Å². The van der Waals surface area contributed by atoms with E-state index in [0.717, 1.165) is 18.5 Å². The van der Waals surface area contributed by atoms with Gasteiger partial charge in [0.2, 0.25) is 5.91 Å². The van der Waals surface area contributed by atoms with E-state index in [1.165, 1.54) is 17.7 Å². The fourth-order valence-corrected chi connectivity index (χ4v) is 3.50. The molecule has 2 heterocycles. The lowest BCUT2D eigenvalue weighted by molar-refractivity contribution is -0.128. The van der Waals surface area contributed by atoms with Crippen molar-refractivity contribution in [1.29, 1.82) is 0 Å². The lowest BCUT2D eigenvalue weighted by atomic mass is 9.87. The van der Waals surface area contributed by atoms with Crippen molar-refractivity contribution >= 4 is 11.8 Å². The smallest absolute Gasteiger partial charge is 0.260 e. The summed E-state index contributed by atoms with van der Waals surface area (Å²) in [4.78, 5) is 26.3. The fourth-order valence-electron chi connectivity index (χ4n) is 3.50. The summed E-state index contributed by atoms with van der Waals surface area (Å²) in [6.07, 6.45) is 3.79. The zero-order valence-corrected chi connectivity index (χ0v) is 12.5. The molecule has 1 saturated heterocycles. The van der Waals surface area contributed by atoms with Crippen LogP contribution < -0.4 is 5.32 Å². The summed E-state index contributed by atoms with van der Waals surface area (Å²) in [6, 6.07) is 7.67. The minimum Gasteiger partial charge on any atom is -0.312 e. The number of fused-ring (bicyclic) bond motifs is 1. The standard InChI is InChI=1S/C17H22N2O2/c1-2-12-7-5-9-18-15(12)11-19-16(20)10-13-6-3-4-8-14(13)17(19)21/h3-4,6,8,12,15,18H,2,5,7,9-11H2,1H3. The number of carbonyl (C=O) groups is 2. The highest BCUT2D eigenvalue weighted by atomic mass is 16.2. The summed E-state index contributed by atoms with van der Waals surface area (Å²) in [5.74, 6) is 0.349. The Labute approximate surface area is 125 Å². The fraction of sp³-hybridized carbons (Fsp3) is 0.529. The second-order valence-corrected chi connectivity index (χ2v) is 6.01. The summed E-state index contributed by atoms with van der Waals surface area (Å²) in [7, 11) is 0. The van der Waals surface area contributed by atoms with Crippen LogP contribution in [0.25, 0.3) is 0 Å².